The molecule has 1 fully saturated rings. The fourth-order valence-corrected chi connectivity index (χ4v) is 2.09. The van der Waals surface area contributed by atoms with Crippen molar-refractivity contribution >= 4 is 11.9 Å². The van der Waals surface area contributed by atoms with Gasteiger partial charge in [-0.2, -0.15) is 5.26 Å². The van der Waals surface area contributed by atoms with Crippen molar-refractivity contribution in [1.82, 2.24) is 5.43 Å². The third-order valence-corrected chi connectivity index (χ3v) is 3.30. The summed E-state index contributed by atoms with van der Waals surface area (Å²) in [5.74, 6) is 2.44. The predicted octanol–water partition coefficient (Wildman–Crippen LogP) is -2.85. The Labute approximate surface area is 132 Å². The first-order chi connectivity index (χ1) is 9.84. The van der Waals surface area contributed by atoms with Gasteiger partial charge in [-0.3, -0.25) is 11.3 Å². The van der Waals surface area contributed by atoms with Crippen LogP contribution in [-0.2, 0) is 9.59 Å². The highest BCUT2D eigenvalue weighted by atomic mass is 16.4. The Morgan fingerprint density at radius 3 is 1.78 bits per heavy atom. The second-order valence-corrected chi connectivity index (χ2v) is 4.75. The van der Waals surface area contributed by atoms with E-state index in [1.54, 1.807) is 0 Å². The van der Waals surface area contributed by atoms with E-state index >= 15 is 0 Å². The van der Waals surface area contributed by atoms with Crippen LogP contribution in [0.5, 0.6) is 0 Å². The lowest BCUT2D eigenvalue weighted by molar-refractivity contribution is -0.165. The number of nitrogens with zero attached hydrogens (tertiary/aromatic N) is 1. The van der Waals surface area contributed by atoms with Crippen LogP contribution in [0.25, 0.3) is 0 Å². The van der Waals surface area contributed by atoms with Crippen LogP contribution in [0, 0.1) is 17.2 Å². The number of carboxylic acids is 2. The molecule has 0 aromatic rings. The zero-order valence-corrected chi connectivity index (χ0v) is 12.5. The van der Waals surface area contributed by atoms with Gasteiger partial charge in [-0.25, -0.2) is 9.59 Å². The number of hydrazine groups is 1. The average molecular weight is 339 g/mol. The smallest absolute Gasteiger partial charge is 0.335 e. The van der Waals surface area contributed by atoms with E-state index < -0.39 is 24.1 Å². The van der Waals surface area contributed by atoms with Crippen LogP contribution < -0.4 is 11.3 Å². The van der Waals surface area contributed by atoms with E-state index in [9.17, 15) is 9.59 Å². The molecule has 0 aromatic heterocycles. The molecule has 0 bridgehead atoms. The summed E-state index contributed by atoms with van der Waals surface area (Å²) in [4.78, 5) is 19.5. The minimum atomic E-state index is -2.27. The SMILES string of the molecule is N#CC[C@@H](NN)C1CCCC1.O.O.O=C(O)[C@H](O)[C@@H](O)C(=O)O. The van der Waals surface area contributed by atoms with Crippen molar-refractivity contribution in [3.8, 4) is 6.07 Å². The summed E-state index contributed by atoms with van der Waals surface area (Å²) in [5.41, 5.74) is 2.72. The maximum atomic E-state index is 9.77. The highest BCUT2D eigenvalue weighted by Crippen LogP contribution is 2.28. The van der Waals surface area contributed by atoms with Crippen molar-refractivity contribution in [2.75, 3.05) is 0 Å². The summed E-state index contributed by atoms with van der Waals surface area (Å²) >= 11 is 0. The molecule has 1 saturated carbocycles. The number of nitrogens with two attached hydrogens (primary N) is 1. The van der Waals surface area contributed by atoms with Gasteiger partial charge in [0.2, 0.25) is 0 Å². The molecule has 0 unspecified atom stereocenters. The van der Waals surface area contributed by atoms with E-state index in [1.165, 1.54) is 25.7 Å². The van der Waals surface area contributed by atoms with Gasteiger partial charge in [-0.05, 0) is 18.8 Å². The largest absolute Gasteiger partial charge is 0.479 e. The molecule has 0 aliphatic heterocycles. The van der Waals surface area contributed by atoms with Gasteiger partial charge in [0.05, 0.1) is 12.5 Å². The van der Waals surface area contributed by atoms with Gasteiger partial charge in [0.15, 0.2) is 12.2 Å². The van der Waals surface area contributed by atoms with Gasteiger partial charge in [0, 0.05) is 6.04 Å². The third kappa shape index (κ3) is 9.74. The number of aliphatic hydroxyl groups is 2. The third-order valence-electron chi connectivity index (χ3n) is 3.30. The highest BCUT2D eigenvalue weighted by Gasteiger charge is 2.29. The van der Waals surface area contributed by atoms with Gasteiger partial charge >= 0.3 is 11.9 Å². The quantitative estimate of drug-likeness (QED) is 0.215. The molecule has 11 N–H and O–H groups in total. The van der Waals surface area contributed by atoms with Crippen LogP contribution in [-0.4, -0.2) is 61.6 Å². The van der Waals surface area contributed by atoms with E-state index in [2.05, 4.69) is 11.5 Å². The Kier molecular flexibility index (Phi) is 15.7. The first-order valence-corrected chi connectivity index (χ1v) is 6.50. The van der Waals surface area contributed by atoms with Crippen LogP contribution in [0.2, 0.25) is 0 Å². The molecule has 23 heavy (non-hydrogen) atoms. The Hall–Kier alpha value is -1.81. The van der Waals surface area contributed by atoms with Gasteiger partial charge in [0.1, 0.15) is 0 Å². The molecule has 0 heterocycles. The molecule has 1 aliphatic rings. The highest BCUT2D eigenvalue weighted by molar-refractivity contribution is 5.83. The first kappa shape index (κ1) is 26.1. The molecule has 3 atom stereocenters. The van der Waals surface area contributed by atoms with Crippen molar-refractivity contribution in [2.45, 2.75) is 50.4 Å². The number of aliphatic hydroxyl groups excluding tert-OH is 2. The molecule has 11 nitrogen and oxygen atoms in total. The lowest BCUT2D eigenvalue weighted by Crippen LogP contribution is -2.39. The Balaban J connectivity index is -0.000000322. The molecule has 0 spiro atoms. The van der Waals surface area contributed by atoms with E-state index in [4.69, 9.17) is 31.5 Å². The lowest BCUT2D eigenvalue weighted by Gasteiger charge is -2.18. The fourth-order valence-electron chi connectivity index (χ4n) is 2.09. The summed E-state index contributed by atoms with van der Waals surface area (Å²) < 4.78 is 0. The molecule has 0 amide bonds. The number of carbonyl (C=O) groups is 2. The zero-order chi connectivity index (χ0) is 16.4. The number of hydrogen-bond acceptors (Lipinski definition) is 7. The van der Waals surface area contributed by atoms with Crippen LogP contribution in [0.4, 0.5) is 0 Å². The predicted molar refractivity (Wildman–Crippen MR) is 77.8 cm³/mol. The summed E-state index contributed by atoms with van der Waals surface area (Å²) in [7, 11) is 0. The monoisotopic (exact) mass is 339 g/mol. The molecular formula is C12H25N3O8. The van der Waals surface area contributed by atoms with Gasteiger partial charge < -0.3 is 31.4 Å². The zero-order valence-electron chi connectivity index (χ0n) is 12.5. The molecule has 0 aromatic carbocycles. The summed E-state index contributed by atoms with van der Waals surface area (Å²) in [6, 6.07) is 2.38. The normalized spacial score (nSPS) is 17.1. The molecule has 136 valence electrons. The average Bonchev–Trinajstić information content (AvgIpc) is 2.97. The topological polar surface area (TPSA) is 240 Å². The Morgan fingerprint density at radius 1 is 1.13 bits per heavy atom. The summed E-state index contributed by atoms with van der Waals surface area (Å²) in [5, 5.41) is 41.0. The second kappa shape index (κ2) is 13.8. The maximum absolute atomic E-state index is 9.77. The number of carboxylic acid groups (broad SMARTS) is 2. The number of aliphatic carboxylic acids is 2. The maximum Gasteiger partial charge on any atom is 0.335 e. The van der Waals surface area contributed by atoms with E-state index in [1.807, 2.05) is 0 Å². The molecule has 1 aliphatic carbocycles. The minimum absolute atomic E-state index is 0. The summed E-state index contributed by atoms with van der Waals surface area (Å²) in [6.07, 6.45) is 1.08. The van der Waals surface area contributed by atoms with Gasteiger partial charge in [-0.1, -0.05) is 12.8 Å². The van der Waals surface area contributed by atoms with Gasteiger partial charge in [-0.15, -0.1) is 0 Å². The minimum Gasteiger partial charge on any atom is -0.479 e. The van der Waals surface area contributed by atoms with Crippen molar-refractivity contribution in [1.29, 1.82) is 5.26 Å². The van der Waals surface area contributed by atoms with Crippen molar-refractivity contribution in [3.63, 3.8) is 0 Å². The fraction of sp³-hybridized carbons (Fsp3) is 0.750. The van der Waals surface area contributed by atoms with Crippen molar-refractivity contribution in [3.05, 3.63) is 0 Å². The Bertz CT molecular complexity index is 363. The standard InChI is InChI=1S/C8H15N3.C4H6O6.2H2O/c9-6-5-8(11-10)7-3-1-2-4-7;5-1(3(7)8)2(6)4(9)10;;/h7-8,11H,1-5,10H2;1-2,5-6H,(H,7,8)(H,9,10);2*1H2/t8-;1-,2-;;/m11../s1. The van der Waals surface area contributed by atoms with Crippen molar-refractivity contribution in [2.24, 2.45) is 11.8 Å². The Morgan fingerprint density at radius 2 is 1.52 bits per heavy atom. The second-order valence-electron chi connectivity index (χ2n) is 4.75. The van der Waals surface area contributed by atoms with Crippen LogP contribution >= 0.6 is 0 Å². The number of rotatable bonds is 6. The molecule has 11 heteroatoms. The van der Waals surface area contributed by atoms with Gasteiger partial charge in [0.25, 0.3) is 0 Å². The van der Waals surface area contributed by atoms with E-state index in [0.717, 1.165) is 0 Å². The number of hydrogen-bond donors (Lipinski definition) is 6. The molecule has 0 radical (unpaired) electrons. The molecular weight excluding hydrogens is 314 g/mol. The molecule has 1 rings (SSSR count). The van der Waals surface area contributed by atoms with E-state index in [-0.39, 0.29) is 17.0 Å². The first-order valence-electron chi connectivity index (χ1n) is 6.50. The van der Waals surface area contributed by atoms with Crippen LogP contribution in [0.15, 0.2) is 0 Å². The molecule has 0 saturated heterocycles. The summed E-state index contributed by atoms with van der Waals surface area (Å²) in [6.45, 7) is 0. The number of nitriles is 1. The van der Waals surface area contributed by atoms with Crippen LogP contribution in [0.1, 0.15) is 32.1 Å². The van der Waals surface area contributed by atoms with E-state index in [0.29, 0.717) is 12.3 Å². The number of nitrogens with one attached hydrogen (secondary N) is 1. The van der Waals surface area contributed by atoms with Crippen molar-refractivity contribution < 1.29 is 41.0 Å². The lowest BCUT2D eigenvalue weighted by atomic mass is 9.97. The van der Waals surface area contributed by atoms with Crippen LogP contribution in [0.3, 0.4) is 0 Å².